The number of hydrogen-bond acceptors (Lipinski definition) is 1. The quantitative estimate of drug-likeness (QED) is 0.121. The minimum Gasteiger partial charge on any atom is -0.748 e. The molecule has 4 aliphatic carbocycles. The summed E-state index contributed by atoms with van der Waals surface area (Å²) in [4.78, 5) is 2.60. The van der Waals surface area contributed by atoms with E-state index in [2.05, 4.69) is 61.5 Å². The summed E-state index contributed by atoms with van der Waals surface area (Å²) in [5, 5.41) is 3.61. The van der Waals surface area contributed by atoms with Crippen LogP contribution < -0.4 is 10.6 Å². The van der Waals surface area contributed by atoms with E-state index in [1.54, 1.807) is 16.4 Å². The van der Waals surface area contributed by atoms with E-state index in [0.29, 0.717) is 6.04 Å². The third-order valence-corrected chi connectivity index (χ3v) is 19.0. The van der Waals surface area contributed by atoms with Crippen LogP contribution in [0.15, 0.2) is 72.8 Å². The van der Waals surface area contributed by atoms with Crippen LogP contribution in [0.4, 0.5) is 0 Å². The van der Waals surface area contributed by atoms with Crippen molar-refractivity contribution in [3.63, 3.8) is 0 Å². The molecule has 0 aliphatic heterocycles. The standard InChI is InChI=1S/C38H58NP2.C5H5.Fe/c1-39(2)38(35-27-17-29-37(35)41(32-22-11-5-12-23-32)33-24-13-6-14-25-33)34-26-15-16-28-36(34)40(30-18-7-3-8-19-30)31-20-9-4-10-21-31;1-2-4-5-3-1;/h15-17,26-33,38H,3-14,18-25H2,1-2H3;1-5H;/q-1;-5;/t38-;;/m0../s1. The first-order valence-electron chi connectivity index (χ1n) is 19.5. The van der Waals surface area contributed by atoms with Crippen LogP contribution in [0.2, 0.25) is 0 Å². The van der Waals surface area contributed by atoms with Gasteiger partial charge < -0.3 is 35.2 Å². The topological polar surface area (TPSA) is 3.24 Å². The van der Waals surface area contributed by atoms with Crippen LogP contribution >= 0.6 is 15.8 Å². The number of nitrogens with zero attached hydrogens (tertiary/aromatic N) is 1. The second kappa shape index (κ2) is 19.6. The molecule has 0 unspecified atom stereocenters. The van der Waals surface area contributed by atoms with Crippen LogP contribution in [-0.2, 0) is 17.1 Å². The number of rotatable bonds is 9. The second-order valence-electron chi connectivity index (χ2n) is 15.2. The maximum Gasteiger partial charge on any atom is 0.0157 e. The molecule has 264 valence electrons. The van der Waals surface area contributed by atoms with Crippen LogP contribution in [0, 0.1) is 0 Å². The van der Waals surface area contributed by atoms with E-state index in [1.165, 1.54) is 128 Å². The molecule has 4 heteroatoms. The summed E-state index contributed by atoms with van der Waals surface area (Å²) in [6.07, 6.45) is 29.5. The van der Waals surface area contributed by atoms with Crippen molar-refractivity contribution >= 4 is 26.5 Å². The fourth-order valence-corrected chi connectivity index (χ4v) is 17.7. The van der Waals surface area contributed by atoms with Gasteiger partial charge in [0.15, 0.2) is 0 Å². The van der Waals surface area contributed by atoms with Gasteiger partial charge in [-0.15, -0.1) is 10.9 Å². The van der Waals surface area contributed by atoms with Gasteiger partial charge in [-0.2, -0.15) is 6.07 Å². The molecule has 1 atom stereocenters. The molecule has 47 heavy (non-hydrogen) atoms. The first-order chi connectivity index (χ1) is 22.7. The molecule has 3 aromatic rings. The molecule has 0 radical (unpaired) electrons. The molecular weight excluding hydrogens is 648 g/mol. The fourth-order valence-electron chi connectivity index (χ4n) is 9.71. The van der Waals surface area contributed by atoms with E-state index < -0.39 is 0 Å². The minimum atomic E-state index is -0.117. The maximum atomic E-state index is 2.62. The van der Waals surface area contributed by atoms with E-state index in [9.17, 15) is 0 Å². The number of hydrogen-bond donors (Lipinski definition) is 0. The largest absolute Gasteiger partial charge is 0.748 e. The Hall–Kier alpha value is -0.741. The third kappa shape index (κ3) is 9.74. The van der Waals surface area contributed by atoms with Crippen molar-refractivity contribution in [3.05, 3.63) is 83.9 Å². The first kappa shape index (κ1) is 37.5. The third-order valence-electron chi connectivity index (χ3n) is 11.9. The smallest absolute Gasteiger partial charge is 0.0157 e. The molecule has 0 heterocycles. The monoisotopic (exact) mass is 711 g/mol. The number of benzene rings is 1. The molecule has 0 amide bonds. The Balaban J connectivity index is 0.000000662. The SMILES string of the molecule is CN(C)[C@@H](c1ccccc1P(C1CCCCC1)C1CCCCC1)[c-]1cccc1P(C1CCCCC1)C1CCCCC1.[Fe].[cH-]1[cH-][cH-][cH-][cH-]1. The van der Waals surface area contributed by atoms with E-state index in [-0.39, 0.29) is 32.9 Å². The zero-order valence-corrected chi connectivity index (χ0v) is 32.5. The molecule has 0 bridgehead atoms. The molecule has 0 saturated heterocycles. The Morgan fingerprint density at radius 3 is 1.38 bits per heavy atom. The molecule has 1 nitrogen and oxygen atoms in total. The van der Waals surface area contributed by atoms with Crippen molar-refractivity contribution < 1.29 is 17.1 Å². The average Bonchev–Trinajstić information content (AvgIpc) is 3.85. The van der Waals surface area contributed by atoms with Crippen LogP contribution in [0.5, 0.6) is 0 Å². The second-order valence-corrected chi connectivity index (χ2v) is 20.7. The van der Waals surface area contributed by atoms with Crippen LogP contribution in [0.1, 0.15) is 146 Å². The Bertz CT molecular complexity index is 1190. The average molecular weight is 712 g/mol. The summed E-state index contributed by atoms with van der Waals surface area (Å²) in [7, 11) is 4.55. The summed E-state index contributed by atoms with van der Waals surface area (Å²) >= 11 is 0. The van der Waals surface area contributed by atoms with Crippen molar-refractivity contribution in [1.29, 1.82) is 0 Å². The van der Waals surface area contributed by atoms with Gasteiger partial charge in [-0.05, 0) is 99.0 Å². The van der Waals surface area contributed by atoms with E-state index >= 15 is 0 Å². The summed E-state index contributed by atoms with van der Waals surface area (Å²) in [6, 6.07) is 28.0. The van der Waals surface area contributed by atoms with Gasteiger partial charge >= 0.3 is 0 Å². The van der Waals surface area contributed by atoms with Gasteiger partial charge in [0.2, 0.25) is 0 Å². The van der Waals surface area contributed by atoms with Crippen molar-refractivity contribution in [2.75, 3.05) is 14.1 Å². The van der Waals surface area contributed by atoms with Crippen molar-refractivity contribution in [2.24, 2.45) is 0 Å². The molecule has 0 aromatic heterocycles. The van der Waals surface area contributed by atoms with E-state index in [1.807, 2.05) is 35.6 Å². The molecule has 4 fully saturated rings. The van der Waals surface area contributed by atoms with E-state index in [0.717, 1.165) is 22.6 Å². The van der Waals surface area contributed by atoms with Gasteiger partial charge in [0.1, 0.15) is 0 Å². The molecule has 0 N–H and O–H groups in total. The minimum absolute atomic E-state index is 0. The summed E-state index contributed by atoms with van der Waals surface area (Å²) in [5.41, 5.74) is 7.18. The zero-order chi connectivity index (χ0) is 31.6. The van der Waals surface area contributed by atoms with Gasteiger partial charge in [0.25, 0.3) is 0 Å². The van der Waals surface area contributed by atoms with Crippen LogP contribution in [0.25, 0.3) is 0 Å². The Morgan fingerprint density at radius 1 is 0.553 bits per heavy atom. The fraction of sp³-hybridized carbons (Fsp3) is 0.628. The predicted molar refractivity (Wildman–Crippen MR) is 207 cm³/mol. The molecule has 0 spiro atoms. The first-order valence-corrected chi connectivity index (χ1v) is 22.4. The van der Waals surface area contributed by atoms with Crippen molar-refractivity contribution in [2.45, 2.75) is 157 Å². The van der Waals surface area contributed by atoms with Crippen LogP contribution in [0.3, 0.4) is 0 Å². The maximum absolute atomic E-state index is 2.62. The zero-order valence-electron chi connectivity index (χ0n) is 29.7. The van der Waals surface area contributed by atoms with Crippen molar-refractivity contribution in [1.82, 2.24) is 4.90 Å². The van der Waals surface area contributed by atoms with Crippen molar-refractivity contribution in [3.8, 4) is 0 Å². The molecule has 7 rings (SSSR count). The summed E-state index contributed by atoms with van der Waals surface area (Å²) in [6.45, 7) is 0. The predicted octanol–water partition coefficient (Wildman–Crippen LogP) is 12.0. The van der Waals surface area contributed by atoms with Gasteiger partial charge in [-0.25, -0.2) is 12.1 Å². The summed E-state index contributed by atoms with van der Waals surface area (Å²) in [5.74, 6) is 0. The van der Waals surface area contributed by atoms with Gasteiger partial charge in [0.05, 0.1) is 0 Å². The Kier molecular flexibility index (Phi) is 15.6. The molecule has 3 aromatic carbocycles. The molecule has 4 aliphatic rings. The van der Waals surface area contributed by atoms with Crippen LogP contribution in [-0.4, -0.2) is 41.6 Å². The molecule has 4 saturated carbocycles. The van der Waals surface area contributed by atoms with Gasteiger partial charge in [-0.1, -0.05) is 117 Å². The Labute approximate surface area is 302 Å². The Morgan fingerprint density at radius 2 is 0.957 bits per heavy atom. The van der Waals surface area contributed by atoms with E-state index in [4.69, 9.17) is 0 Å². The molecular formula is C43H63FeNP2-6. The normalized spacial score (nSPS) is 21.4. The van der Waals surface area contributed by atoms with Gasteiger partial charge in [0, 0.05) is 23.1 Å². The van der Waals surface area contributed by atoms with Gasteiger partial charge in [-0.3, -0.25) is 0 Å². The summed E-state index contributed by atoms with van der Waals surface area (Å²) < 4.78 is 0.